The van der Waals surface area contributed by atoms with Crippen molar-refractivity contribution in [3.8, 4) is 17.7 Å². The summed E-state index contributed by atoms with van der Waals surface area (Å²) >= 11 is 0. The predicted octanol–water partition coefficient (Wildman–Crippen LogP) is 1.51. The Hall–Kier alpha value is -2.01. The summed E-state index contributed by atoms with van der Waals surface area (Å²) in [5.41, 5.74) is 5.42. The van der Waals surface area contributed by atoms with E-state index in [1.165, 1.54) is 7.11 Å². The molecule has 8 heteroatoms. The van der Waals surface area contributed by atoms with Crippen LogP contribution >= 0.6 is 0 Å². The number of hydrogen-bond acceptors (Lipinski definition) is 5. The summed E-state index contributed by atoms with van der Waals surface area (Å²) in [6, 6.07) is 2.77. The molecule has 0 saturated carbocycles. The van der Waals surface area contributed by atoms with Crippen LogP contribution in [0, 0.1) is 11.3 Å². The Kier molecular flexibility index (Phi) is 4.33. The van der Waals surface area contributed by atoms with E-state index in [4.69, 9.17) is 15.7 Å². The lowest BCUT2D eigenvalue weighted by Gasteiger charge is -2.15. The lowest BCUT2D eigenvalue weighted by Crippen LogP contribution is -2.19. The number of alkyl halides is 3. The fourth-order valence-corrected chi connectivity index (χ4v) is 1.30. The van der Waals surface area contributed by atoms with E-state index in [0.717, 1.165) is 6.07 Å². The summed E-state index contributed by atoms with van der Waals surface area (Å²) < 4.78 is 45.4. The van der Waals surface area contributed by atoms with E-state index in [0.29, 0.717) is 0 Å². The summed E-state index contributed by atoms with van der Waals surface area (Å²) in [4.78, 5) is 3.87. The largest absolute Gasteiger partial charge is 0.573 e. The van der Waals surface area contributed by atoms with E-state index < -0.39 is 12.1 Å². The van der Waals surface area contributed by atoms with Crippen molar-refractivity contribution >= 4 is 0 Å². The number of rotatable bonds is 4. The molecule has 0 spiro atoms. The van der Waals surface area contributed by atoms with Crippen molar-refractivity contribution in [2.75, 3.05) is 7.11 Å². The number of nitrogens with two attached hydrogens (primary N) is 1. The van der Waals surface area contributed by atoms with Crippen LogP contribution in [0.3, 0.4) is 0 Å². The molecule has 0 unspecified atom stereocenters. The van der Waals surface area contributed by atoms with Gasteiger partial charge in [0.05, 0.1) is 30.9 Å². The highest BCUT2D eigenvalue weighted by atomic mass is 19.4. The van der Waals surface area contributed by atoms with Gasteiger partial charge < -0.3 is 15.2 Å². The van der Waals surface area contributed by atoms with E-state index >= 15 is 0 Å². The van der Waals surface area contributed by atoms with Gasteiger partial charge in [0.25, 0.3) is 0 Å². The standard InChI is InChI=1S/C10H10F3N3O2/c1-17-9-7(2-3-14)8(18-10(11,12)13)4-6(5-15)16-9/h4H,2,5,15H2,1H3. The van der Waals surface area contributed by atoms with Crippen LogP contribution in [-0.4, -0.2) is 18.5 Å². The van der Waals surface area contributed by atoms with Crippen molar-refractivity contribution in [2.45, 2.75) is 19.3 Å². The Bertz CT molecular complexity index is 469. The van der Waals surface area contributed by atoms with Crippen LogP contribution in [0.15, 0.2) is 6.07 Å². The molecule has 5 nitrogen and oxygen atoms in total. The Morgan fingerprint density at radius 1 is 1.50 bits per heavy atom. The zero-order valence-corrected chi connectivity index (χ0v) is 9.41. The first kappa shape index (κ1) is 14.1. The minimum absolute atomic E-state index is 0.0606. The molecule has 0 saturated heterocycles. The van der Waals surface area contributed by atoms with E-state index in [9.17, 15) is 13.2 Å². The number of ether oxygens (including phenoxy) is 2. The number of halogens is 3. The number of aromatic nitrogens is 1. The van der Waals surface area contributed by atoms with E-state index in [1.807, 2.05) is 0 Å². The van der Waals surface area contributed by atoms with E-state index in [1.54, 1.807) is 6.07 Å². The third-order valence-corrected chi connectivity index (χ3v) is 1.98. The van der Waals surface area contributed by atoms with Gasteiger partial charge in [0.1, 0.15) is 5.75 Å². The fraction of sp³-hybridized carbons (Fsp3) is 0.400. The third kappa shape index (κ3) is 3.49. The molecule has 0 aliphatic rings. The molecule has 1 aromatic heterocycles. The number of nitriles is 1. The van der Waals surface area contributed by atoms with Crippen LogP contribution in [-0.2, 0) is 13.0 Å². The smallest absolute Gasteiger partial charge is 0.481 e. The molecular formula is C10H10F3N3O2. The van der Waals surface area contributed by atoms with Crippen LogP contribution in [0.25, 0.3) is 0 Å². The Morgan fingerprint density at radius 2 is 2.17 bits per heavy atom. The average molecular weight is 261 g/mol. The van der Waals surface area contributed by atoms with Crippen molar-refractivity contribution in [3.05, 3.63) is 17.3 Å². The first-order chi connectivity index (χ1) is 8.41. The van der Waals surface area contributed by atoms with Gasteiger partial charge in [-0.2, -0.15) is 5.26 Å². The quantitative estimate of drug-likeness (QED) is 0.888. The van der Waals surface area contributed by atoms with Crippen molar-refractivity contribution in [2.24, 2.45) is 5.73 Å². The van der Waals surface area contributed by atoms with Gasteiger partial charge in [-0.25, -0.2) is 4.98 Å². The molecule has 0 aliphatic heterocycles. The average Bonchev–Trinajstić information content (AvgIpc) is 2.29. The van der Waals surface area contributed by atoms with Gasteiger partial charge in [-0.05, 0) is 0 Å². The molecule has 1 heterocycles. The number of pyridine rings is 1. The van der Waals surface area contributed by atoms with Crippen molar-refractivity contribution in [3.63, 3.8) is 0 Å². The second kappa shape index (κ2) is 5.55. The summed E-state index contributed by atoms with van der Waals surface area (Å²) in [6.07, 6.45) is -5.17. The maximum Gasteiger partial charge on any atom is 0.573 e. The monoisotopic (exact) mass is 261 g/mol. The summed E-state index contributed by atoms with van der Waals surface area (Å²) in [7, 11) is 1.24. The van der Waals surface area contributed by atoms with E-state index in [-0.39, 0.29) is 30.1 Å². The van der Waals surface area contributed by atoms with Gasteiger partial charge >= 0.3 is 6.36 Å². The molecule has 98 valence electrons. The normalized spacial score (nSPS) is 10.9. The van der Waals surface area contributed by atoms with Gasteiger partial charge in [-0.1, -0.05) is 0 Å². The Morgan fingerprint density at radius 3 is 2.61 bits per heavy atom. The fourth-order valence-electron chi connectivity index (χ4n) is 1.30. The highest BCUT2D eigenvalue weighted by molar-refractivity contribution is 5.43. The second-order valence-electron chi connectivity index (χ2n) is 3.19. The van der Waals surface area contributed by atoms with Crippen molar-refractivity contribution in [1.29, 1.82) is 5.26 Å². The van der Waals surface area contributed by atoms with Crippen molar-refractivity contribution < 1.29 is 22.6 Å². The Balaban J connectivity index is 3.30. The third-order valence-electron chi connectivity index (χ3n) is 1.98. The second-order valence-corrected chi connectivity index (χ2v) is 3.19. The minimum atomic E-state index is -4.86. The number of nitrogens with zero attached hydrogens (tertiary/aromatic N) is 2. The van der Waals surface area contributed by atoms with Crippen LogP contribution in [0.2, 0.25) is 0 Å². The lowest BCUT2D eigenvalue weighted by atomic mass is 10.1. The lowest BCUT2D eigenvalue weighted by molar-refractivity contribution is -0.274. The number of methoxy groups -OCH3 is 1. The van der Waals surface area contributed by atoms with Crippen LogP contribution in [0.5, 0.6) is 11.6 Å². The van der Waals surface area contributed by atoms with Gasteiger partial charge in [0, 0.05) is 12.6 Å². The molecule has 0 aliphatic carbocycles. The maximum absolute atomic E-state index is 12.2. The first-order valence-corrected chi connectivity index (χ1v) is 4.80. The zero-order chi connectivity index (χ0) is 13.8. The topological polar surface area (TPSA) is 81.2 Å². The van der Waals surface area contributed by atoms with Crippen molar-refractivity contribution in [1.82, 2.24) is 4.98 Å². The minimum Gasteiger partial charge on any atom is -0.481 e. The molecule has 0 fully saturated rings. The molecule has 1 rings (SSSR count). The molecule has 0 amide bonds. The molecule has 18 heavy (non-hydrogen) atoms. The highest BCUT2D eigenvalue weighted by Crippen LogP contribution is 2.32. The molecule has 0 radical (unpaired) electrons. The SMILES string of the molecule is COc1nc(CN)cc(OC(F)(F)F)c1CC#N. The summed E-state index contributed by atoms with van der Waals surface area (Å²) in [5, 5.41) is 8.59. The summed E-state index contributed by atoms with van der Waals surface area (Å²) in [5.74, 6) is -0.616. The number of hydrogen-bond donors (Lipinski definition) is 1. The van der Waals surface area contributed by atoms with Gasteiger partial charge in [-0.15, -0.1) is 13.2 Å². The maximum atomic E-state index is 12.2. The Labute approximate surface area is 101 Å². The molecule has 2 N–H and O–H groups in total. The first-order valence-electron chi connectivity index (χ1n) is 4.80. The molecule has 0 bridgehead atoms. The van der Waals surface area contributed by atoms with Crippen LogP contribution in [0.1, 0.15) is 11.3 Å². The predicted molar refractivity (Wildman–Crippen MR) is 54.7 cm³/mol. The molecule has 1 aromatic rings. The van der Waals surface area contributed by atoms with Crippen LogP contribution in [0.4, 0.5) is 13.2 Å². The van der Waals surface area contributed by atoms with Crippen LogP contribution < -0.4 is 15.2 Å². The summed E-state index contributed by atoms with van der Waals surface area (Å²) in [6.45, 7) is -0.0720. The highest BCUT2D eigenvalue weighted by Gasteiger charge is 2.33. The van der Waals surface area contributed by atoms with Gasteiger partial charge in [0.15, 0.2) is 0 Å². The molecule has 0 aromatic carbocycles. The molecule has 0 atom stereocenters. The van der Waals surface area contributed by atoms with Gasteiger partial charge in [-0.3, -0.25) is 0 Å². The zero-order valence-electron chi connectivity index (χ0n) is 9.41. The van der Waals surface area contributed by atoms with Gasteiger partial charge in [0.2, 0.25) is 5.88 Å². The van der Waals surface area contributed by atoms with E-state index in [2.05, 4.69) is 9.72 Å². The molecular weight excluding hydrogens is 251 g/mol.